The summed E-state index contributed by atoms with van der Waals surface area (Å²) in [6.45, 7) is 13.3. The van der Waals surface area contributed by atoms with Crippen LogP contribution in [0.25, 0.3) is 0 Å². The number of hydrogen-bond acceptors (Lipinski definition) is 3. The van der Waals surface area contributed by atoms with Gasteiger partial charge in [-0.1, -0.05) is 95.3 Å². The van der Waals surface area contributed by atoms with E-state index in [-0.39, 0.29) is 23.8 Å². The lowest BCUT2D eigenvalue weighted by Gasteiger charge is -2.32. The zero-order chi connectivity index (χ0) is 28.6. The number of nitrogens with one attached hydrogen (secondary N) is 1. The van der Waals surface area contributed by atoms with Gasteiger partial charge in [0.05, 0.1) is 4.47 Å². The second kappa shape index (κ2) is 13.8. The van der Waals surface area contributed by atoms with Gasteiger partial charge in [-0.25, -0.2) is 0 Å². The third-order valence-corrected chi connectivity index (χ3v) is 7.33. The predicted octanol–water partition coefficient (Wildman–Crippen LogP) is 6.85. The summed E-state index contributed by atoms with van der Waals surface area (Å²) in [6, 6.07) is 23.0. The predicted molar refractivity (Wildman–Crippen MR) is 162 cm³/mol. The highest BCUT2D eigenvalue weighted by molar-refractivity contribution is 9.10. The second-order valence-corrected chi connectivity index (χ2v) is 12.3. The fourth-order valence-corrected chi connectivity index (χ4v) is 4.75. The van der Waals surface area contributed by atoms with Crippen molar-refractivity contribution in [2.45, 2.75) is 66.0 Å². The molecule has 5 nitrogen and oxygen atoms in total. The fraction of sp³-hybridized carbons (Fsp3) is 0.394. The third kappa shape index (κ3) is 8.96. The van der Waals surface area contributed by atoms with Crippen LogP contribution in [0.4, 0.5) is 0 Å². The SMILES string of the molecule is Cc1ccccc1CN(C(=O)COc1ccc(C(C)(C)C)cc1Br)C(Cc1ccccc1)C(=O)NCC(C)C. The standard InChI is InChI=1S/C33H41BrN2O3/c1-23(2)20-35-32(38)29(18-25-13-8-7-9-14-25)36(21-26-15-11-10-12-24(26)3)31(37)22-39-30-17-16-27(19-28(30)34)33(4,5)6/h7-17,19,23,29H,18,20-22H2,1-6H3,(H,35,38). The Morgan fingerprint density at radius 1 is 0.974 bits per heavy atom. The van der Waals surface area contributed by atoms with Crippen LogP contribution in [0.3, 0.4) is 0 Å². The van der Waals surface area contributed by atoms with Crippen molar-refractivity contribution in [2.24, 2.45) is 5.92 Å². The summed E-state index contributed by atoms with van der Waals surface area (Å²) in [4.78, 5) is 29.1. The molecule has 3 aromatic rings. The van der Waals surface area contributed by atoms with E-state index in [0.717, 1.165) is 21.2 Å². The minimum absolute atomic E-state index is 0.00474. The largest absolute Gasteiger partial charge is 0.483 e. The van der Waals surface area contributed by atoms with Gasteiger partial charge in [-0.05, 0) is 68.6 Å². The summed E-state index contributed by atoms with van der Waals surface area (Å²) in [6.07, 6.45) is 0.409. The Labute approximate surface area is 242 Å². The van der Waals surface area contributed by atoms with Crippen LogP contribution in [-0.2, 0) is 28.0 Å². The molecule has 3 rings (SSSR count). The van der Waals surface area contributed by atoms with E-state index < -0.39 is 6.04 Å². The van der Waals surface area contributed by atoms with Gasteiger partial charge in [0, 0.05) is 19.5 Å². The molecule has 0 aliphatic heterocycles. The number of aryl methyl sites for hydroxylation is 1. The van der Waals surface area contributed by atoms with Gasteiger partial charge in [-0.2, -0.15) is 0 Å². The van der Waals surface area contributed by atoms with Crippen molar-refractivity contribution in [1.82, 2.24) is 10.2 Å². The topological polar surface area (TPSA) is 58.6 Å². The van der Waals surface area contributed by atoms with E-state index >= 15 is 0 Å². The van der Waals surface area contributed by atoms with Crippen LogP contribution >= 0.6 is 15.9 Å². The summed E-state index contributed by atoms with van der Waals surface area (Å²) >= 11 is 3.61. The van der Waals surface area contributed by atoms with E-state index in [0.29, 0.717) is 31.2 Å². The van der Waals surface area contributed by atoms with E-state index in [1.54, 1.807) is 4.90 Å². The van der Waals surface area contributed by atoms with Crippen LogP contribution in [0.2, 0.25) is 0 Å². The molecule has 0 radical (unpaired) electrons. The molecule has 0 spiro atoms. The summed E-state index contributed by atoms with van der Waals surface area (Å²) in [5.41, 5.74) is 4.22. The minimum Gasteiger partial charge on any atom is -0.483 e. The number of benzene rings is 3. The van der Waals surface area contributed by atoms with Crippen LogP contribution in [0.1, 0.15) is 56.9 Å². The molecule has 0 saturated heterocycles. The maximum Gasteiger partial charge on any atom is 0.261 e. The normalized spacial score (nSPS) is 12.2. The molecule has 3 aromatic carbocycles. The lowest BCUT2D eigenvalue weighted by molar-refractivity contribution is -0.142. The average molecular weight is 594 g/mol. The van der Waals surface area contributed by atoms with Crippen molar-refractivity contribution in [3.05, 3.63) is 99.5 Å². The molecular weight excluding hydrogens is 552 g/mol. The van der Waals surface area contributed by atoms with E-state index in [4.69, 9.17) is 4.74 Å². The van der Waals surface area contributed by atoms with Gasteiger partial charge in [0.15, 0.2) is 6.61 Å². The maximum atomic E-state index is 13.8. The first kappa shape index (κ1) is 30.4. The molecule has 1 unspecified atom stereocenters. The summed E-state index contributed by atoms with van der Waals surface area (Å²) in [7, 11) is 0. The van der Waals surface area contributed by atoms with Crippen molar-refractivity contribution < 1.29 is 14.3 Å². The number of rotatable bonds is 11. The fourth-order valence-electron chi connectivity index (χ4n) is 4.25. The van der Waals surface area contributed by atoms with Gasteiger partial charge in [0.1, 0.15) is 11.8 Å². The van der Waals surface area contributed by atoms with Crippen molar-refractivity contribution in [1.29, 1.82) is 0 Å². The number of amides is 2. The molecule has 1 atom stereocenters. The average Bonchev–Trinajstić information content (AvgIpc) is 2.89. The molecule has 39 heavy (non-hydrogen) atoms. The maximum absolute atomic E-state index is 13.8. The van der Waals surface area contributed by atoms with Crippen LogP contribution in [0, 0.1) is 12.8 Å². The Morgan fingerprint density at radius 2 is 1.64 bits per heavy atom. The van der Waals surface area contributed by atoms with E-state index in [2.05, 4.69) is 55.9 Å². The Morgan fingerprint density at radius 3 is 2.26 bits per heavy atom. The van der Waals surface area contributed by atoms with Crippen LogP contribution in [-0.4, -0.2) is 35.9 Å². The minimum atomic E-state index is -0.687. The quantitative estimate of drug-likeness (QED) is 0.265. The number of nitrogens with zero attached hydrogens (tertiary/aromatic N) is 1. The Hall–Kier alpha value is -3.12. The number of carbonyl (C=O) groups excluding carboxylic acids is 2. The second-order valence-electron chi connectivity index (χ2n) is 11.5. The Bertz CT molecular complexity index is 1250. The summed E-state index contributed by atoms with van der Waals surface area (Å²) in [5, 5.41) is 3.06. The first-order chi connectivity index (χ1) is 18.5. The van der Waals surface area contributed by atoms with Gasteiger partial charge in [-0.15, -0.1) is 0 Å². The van der Waals surface area contributed by atoms with E-state index in [1.165, 1.54) is 5.56 Å². The van der Waals surface area contributed by atoms with Gasteiger partial charge in [-0.3, -0.25) is 9.59 Å². The summed E-state index contributed by atoms with van der Waals surface area (Å²) < 4.78 is 6.82. The molecule has 1 N–H and O–H groups in total. The molecule has 208 valence electrons. The molecule has 0 heterocycles. The third-order valence-electron chi connectivity index (χ3n) is 6.71. The Kier molecular flexibility index (Phi) is 10.8. The zero-order valence-electron chi connectivity index (χ0n) is 24.0. The lowest BCUT2D eigenvalue weighted by atomic mass is 9.87. The zero-order valence-corrected chi connectivity index (χ0v) is 25.5. The van der Waals surface area contributed by atoms with Crippen LogP contribution in [0.15, 0.2) is 77.3 Å². The number of halogens is 1. The number of carbonyl (C=O) groups is 2. The van der Waals surface area contributed by atoms with Crippen molar-refractivity contribution in [3.8, 4) is 5.75 Å². The Balaban J connectivity index is 1.91. The van der Waals surface area contributed by atoms with Crippen molar-refractivity contribution in [2.75, 3.05) is 13.2 Å². The molecular formula is C33H41BrN2O3. The van der Waals surface area contributed by atoms with Gasteiger partial charge < -0.3 is 15.0 Å². The molecule has 0 saturated carbocycles. The summed E-state index contributed by atoms with van der Waals surface area (Å²) in [5.74, 6) is 0.482. The smallest absolute Gasteiger partial charge is 0.261 e. The van der Waals surface area contributed by atoms with Crippen LogP contribution < -0.4 is 10.1 Å². The molecule has 0 aliphatic carbocycles. The molecule has 0 aromatic heterocycles. The molecule has 0 aliphatic rings. The van der Waals surface area contributed by atoms with E-state index in [9.17, 15) is 9.59 Å². The van der Waals surface area contributed by atoms with Crippen LogP contribution in [0.5, 0.6) is 5.75 Å². The molecule has 2 amide bonds. The highest BCUT2D eigenvalue weighted by Gasteiger charge is 2.31. The first-order valence-corrected chi connectivity index (χ1v) is 14.3. The molecule has 0 fully saturated rings. The van der Waals surface area contributed by atoms with Crippen molar-refractivity contribution >= 4 is 27.7 Å². The van der Waals surface area contributed by atoms with Gasteiger partial charge >= 0.3 is 0 Å². The van der Waals surface area contributed by atoms with Gasteiger partial charge in [0.2, 0.25) is 5.91 Å². The van der Waals surface area contributed by atoms with Crippen molar-refractivity contribution in [3.63, 3.8) is 0 Å². The lowest BCUT2D eigenvalue weighted by Crippen LogP contribution is -2.52. The number of ether oxygens (including phenoxy) is 1. The monoisotopic (exact) mass is 592 g/mol. The molecule has 0 bridgehead atoms. The van der Waals surface area contributed by atoms with E-state index in [1.807, 2.05) is 79.7 Å². The van der Waals surface area contributed by atoms with Gasteiger partial charge in [0.25, 0.3) is 5.91 Å². The highest BCUT2D eigenvalue weighted by atomic mass is 79.9. The first-order valence-electron chi connectivity index (χ1n) is 13.5. The highest BCUT2D eigenvalue weighted by Crippen LogP contribution is 2.31. The number of hydrogen-bond donors (Lipinski definition) is 1. The molecule has 6 heteroatoms.